The van der Waals surface area contributed by atoms with Crippen LogP contribution in [-0.2, 0) is 4.74 Å². The molecule has 1 aromatic carbocycles. The summed E-state index contributed by atoms with van der Waals surface area (Å²) in [6.45, 7) is 4.95. The summed E-state index contributed by atoms with van der Waals surface area (Å²) >= 11 is 0. The van der Waals surface area contributed by atoms with Crippen molar-refractivity contribution in [3.8, 4) is 0 Å². The first-order valence-corrected chi connectivity index (χ1v) is 6.94. The van der Waals surface area contributed by atoms with Gasteiger partial charge in [0.2, 0.25) is 0 Å². The van der Waals surface area contributed by atoms with Gasteiger partial charge in [0, 0.05) is 25.7 Å². The molecule has 0 spiro atoms. The van der Waals surface area contributed by atoms with E-state index in [0.29, 0.717) is 12.0 Å². The van der Waals surface area contributed by atoms with Crippen LogP contribution in [-0.4, -0.2) is 25.8 Å². The second kappa shape index (κ2) is 6.88. The van der Waals surface area contributed by atoms with Gasteiger partial charge in [0.05, 0.1) is 6.10 Å². The zero-order valence-corrected chi connectivity index (χ0v) is 11.1. The SMILES string of the molecule is CCC1OCCC1CNCC(N)c1ccccc1. The van der Waals surface area contributed by atoms with E-state index in [1.165, 1.54) is 12.0 Å². The average molecular weight is 248 g/mol. The van der Waals surface area contributed by atoms with Gasteiger partial charge in [0.15, 0.2) is 0 Å². The summed E-state index contributed by atoms with van der Waals surface area (Å²) in [5, 5.41) is 3.48. The van der Waals surface area contributed by atoms with Crippen LogP contribution in [0.15, 0.2) is 30.3 Å². The fraction of sp³-hybridized carbons (Fsp3) is 0.600. The van der Waals surface area contributed by atoms with Gasteiger partial charge < -0.3 is 15.8 Å². The summed E-state index contributed by atoms with van der Waals surface area (Å²) in [5.74, 6) is 0.651. The van der Waals surface area contributed by atoms with Gasteiger partial charge in [-0.25, -0.2) is 0 Å². The molecule has 1 aromatic rings. The Balaban J connectivity index is 1.72. The van der Waals surface area contributed by atoms with Crippen molar-refractivity contribution in [1.82, 2.24) is 5.32 Å². The van der Waals surface area contributed by atoms with E-state index in [9.17, 15) is 0 Å². The fourth-order valence-electron chi connectivity index (χ4n) is 2.62. The van der Waals surface area contributed by atoms with Crippen molar-refractivity contribution < 1.29 is 4.74 Å². The third-order valence-electron chi connectivity index (χ3n) is 3.75. The average Bonchev–Trinajstić information content (AvgIpc) is 2.87. The van der Waals surface area contributed by atoms with Crippen LogP contribution in [0.2, 0.25) is 0 Å². The first-order chi connectivity index (χ1) is 8.81. The van der Waals surface area contributed by atoms with Crippen LogP contribution in [0.5, 0.6) is 0 Å². The van der Waals surface area contributed by atoms with E-state index in [1.54, 1.807) is 0 Å². The van der Waals surface area contributed by atoms with Gasteiger partial charge in [-0.2, -0.15) is 0 Å². The molecule has 1 aliphatic heterocycles. The minimum absolute atomic E-state index is 0.0774. The quantitative estimate of drug-likeness (QED) is 0.810. The van der Waals surface area contributed by atoms with Crippen LogP contribution in [0.25, 0.3) is 0 Å². The van der Waals surface area contributed by atoms with Gasteiger partial charge in [-0.1, -0.05) is 37.3 Å². The Labute approximate surface area is 110 Å². The molecule has 2 rings (SSSR count). The van der Waals surface area contributed by atoms with Gasteiger partial charge in [0.1, 0.15) is 0 Å². The van der Waals surface area contributed by atoms with Gasteiger partial charge in [-0.15, -0.1) is 0 Å². The number of hydrogen-bond donors (Lipinski definition) is 2. The minimum Gasteiger partial charge on any atom is -0.378 e. The van der Waals surface area contributed by atoms with Crippen molar-refractivity contribution in [3.05, 3.63) is 35.9 Å². The lowest BCUT2D eigenvalue weighted by Crippen LogP contribution is -2.33. The molecule has 1 aliphatic rings. The molecule has 3 atom stereocenters. The zero-order chi connectivity index (χ0) is 12.8. The van der Waals surface area contributed by atoms with Gasteiger partial charge in [-0.05, 0) is 24.3 Å². The largest absolute Gasteiger partial charge is 0.378 e. The van der Waals surface area contributed by atoms with E-state index in [2.05, 4.69) is 24.4 Å². The van der Waals surface area contributed by atoms with Gasteiger partial charge in [-0.3, -0.25) is 0 Å². The molecule has 1 fully saturated rings. The molecule has 3 heteroatoms. The Bertz CT molecular complexity index is 342. The van der Waals surface area contributed by atoms with Crippen LogP contribution in [0.4, 0.5) is 0 Å². The lowest BCUT2D eigenvalue weighted by Gasteiger charge is -2.19. The predicted molar refractivity (Wildman–Crippen MR) is 74.4 cm³/mol. The van der Waals surface area contributed by atoms with Gasteiger partial charge in [0.25, 0.3) is 0 Å². The number of nitrogens with one attached hydrogen (secondary N) is 1. The maximum atomic E-state index is 6.15. The van der Waals surface area contributed by atoms with Crippen LogP contribution < -0.4 is 11.1 Å². The third-order valence-corrected chi connectivity index (χ3v) is 3.75. The number of rotatable bonds is 6. The predicted octanol–water partition coefficient (Wildman–Crippen LogP) is 2.09. The molecular formula is C15H24N2O. The first-order valence-electron chi connectivity index (χ1n) is 6.94. The van der Waals surface area contributed by atoms with Crippen LogP contribution in [0.3, 0.4) is 0 Å². The van der Waals surface area contributed by atoms with Crippen molar-refractivity contribution in [2.75, 3.05) is 19.7 Å². The molecule has 0 saturated carbocycles. The highest BCUT2D eigenvalue weighted by Crippen LogP contribution is 2.22. The van der Waals surface area contributed by atoms with E-state index in [4.69, 9.17) is 10.5 Å². The molecular weight excluding hydrogens is 224 g/mol. The minimum atomic E-state index is 0.0774. The lowest BCUT2D eigenvalue weighted by atomic mass is 9.99. The highest BCUT2D eigenvalue weighted by atomic mass is 16.5. The molecule has 0 amide bonds. The Morgan fingerprint density at radius 1 is 1.39 bits per heavy atom. The van der Waals surface area contributed by atoms with Crippen molar-refractivity contribution >= 4 is 0 Å². The number of hydrogen-bond acceptors (Lipinski definition) is 3. The highest BCUT2D eigenvalue weighted by molar-refractivity contribution is 5.18. The van der Waals surface area contributed by atoms with E-state index in [1.807, 2.05) is 18.2 Å². The summed E-state index contributed by atoms with van der Waals surface area (Å²) in [6.07, 6.45) is 2.72. The summed E-state index contributed by atoms with van der Waals surface area (Å²) in [6, 6.07) is 10.3. The number of benzene rings is 1. The Morgan fingerprint density at radius 2 is 2.17 bits per heavy atom. The van der Waals surface area contributed by atoms with Crippen LogP contribution >= 0.6 is 0 Å². The molecule has 0 aliphatic carbocycles. The standard InChI is InChI=1S/C15H24N2O/c1-2-15-13(8-9-18-15)10-17-11-14(16)12-6-4-3-5-7-12/h3-7,13-15,17H,2,8-11,16H2,1H3. The molecule has 1 saturated heterocycles. The van der Waals surface area contributed by atoms with Crippen molar-refractivity contribution in [1.29, 1.82) is 0 Å². The molecule has 3 nitrogen and oxygen atoms in total. The van der Waals surface area contributed by atoms with Crippen molar-refractivity contribution in [2.24, 2.45) is 11.7 Å². The monoisotopic (exact) mass is 248 g/mol. The molecule has 3 unspecified atom stereocenters. The normalized spacial score (nSPS) is 25.2. The zero-order valence-electron chi connectivity index (χ0n) is 11.1. The third kappa shape index (κ3) is 3.55. The second-order valence-electron chi connectivity index (χ2n) is 5.04. The number of ether oxygens (including phenoxy) is 1. The Morgan fingerprint density at radius 3 is 2.89 bits per heavy atom. The maximum Gasteiger partial charge on any atom is 0.0613 e. The molecule has 0 radical (unpaired) electrons. The molecule has 3 N–H and O–H groups in total. The second-order valence-corrected chi connectivity index (χ2v) is 5.04. The molecule has 0 aromatic heterocycles. The molecule has 100 valence electrons. The molecule has 1 heterocycles. The highest BCUT2D eigenvalue weighted by Gasteiger charge is 2.26. The summed E-state index contributed by atoms with van der Waals surface area (Å²) < 4.78 is 5.69. The van der Waals surface area contributed by atoms with Crippen molar-refractivity contribution in [3.63, 3.8) is 0 Å². The molecule has 18 heavy (non-hydrogen) atoms. The Kier molecular flexibility index (Phi) is 5.17. The summed E-state index contributed by atoms with van der Waals surface area (Å²) in [7, 11) is 0. The smallest absolute Gasteiger partial charge is 0.0613 e. The van der Waals surface area contributed by atoms with E-state index in [-0.39, 0.29) is 6.04 Å². The number of nitrogens with two attached hydrogens (primary N) is 1. The fourth-order valence-corrected chi connectivity index (χ4v) is 2.62. The lowest BCUT2D eigenvalue weighted by molar-refractivity contribution is 0.0872. The summed E-state index contributed by atoms with van der Waals surface area (Å²) in [4.78, 5) is 0. The van der Waals surface area contributed by atoms with Crippen molar-refractivity contribution in [2.45, 2.75) is 31.9 Å². The molecule has 0 bridgehead atoms. The Hall–Kier alpha value is -0.900. The van der Waals surface area contributed by atoms with E-state index in [0.717, 1.165) is 26.1 Å². The van der Waals surface area contributed by atoms with Gasteiger partial charge >= 0.3 is 0 Å². The maximum absolute atomic E-state index is 6.15. The van der Waals surface area contributed by atoms with E-state index < -0.39 is 0 Å². The first kappa shape index (κ1) is 13.5. The van der Waals surface area contributed by atoms with Crippen LogP contribution in [0, 0.1) is 5.92 Å². The van der Waals surface area contributed by atoms with E-state index >= 15 is 0 Å². The topological polar surface area (TPSA) is 47.3 Å². The summed E-state index contributed by atoms with van der Waals surface area (Å²) in [5.41, 5.74) is 7.35. The van der Waals surface area contributed by atoms with Crippen LogP contribution in [0.1, 0.15) is 31.4 Å².